The van der Waals surface area contributed by atoms with E-state index in [9.17, 15) is 9.90 Å². The van der Waals surface area contributed by atoms with Gasteiger partial charge in [-0.25, -0.2) is 4.79 Å². The first-order valence-electron chi connectivity index (χ1n) is 6.45. The molecule has 0 aliphatic rings. The second kappa shape index (κ2) is 8.33. The molecule has 0 fully saturated rings. The molecule has 0 saturated carbocycles. The summed E-state index contributed by atoms with van der Waals surface area (Å²) < 4.78 is 12.6. The van der Waals surface area contributed by atoms with Crippen LogP contribution in [-0.2, 0) is 4.79 Å². The summed E-state index contributed by atoms with van der Waals surface area (Å²) in [6, 6.07) is 3.74. The number of benzene rings is 1. The average molecular weight is 558 g/mol. The van der Waals surface area contributed by atoms with Crippen LogP contribution in [0.1, 0.15) is 18.4 Å². The molecular weight excluding hydrogens is 546 g/mol. The molecule has 0 bridgehead atoms. The maximum absolute atomic E-state index is 11.4. The molecule has 0 atom stereocenters. The van der Waals surface area contributed by atoms with Gasteiger partial charge in [0.15, 0.2) is 0 Å². The number of carboxylic acid groups (broad SMARTS) is 1. The summed E-state index contributed by atoms with van der Waals surface area (Å²) in [7, 11) is 0. The van der Waals surface area contributed by atoms with Gasteiger partial charge in [-0.15, -0.1) is 10.2 Å². The maximum Gasteiger partial charge on any atom is 0.342 e. The number of halogens is 2. The Hall–Kier alpha value is -0.820. The first kappa shape index (κ1) is 18.5. The Balaban J connectivity index is 2.34. The third-order valence-electron chi connectivity index (χ3n) is 2.52. The van der Waals surface area contributed by atoms with E-state index in [1.807, 2.05) is 19.1 Å². The Morgan fingerprint density at radius 1 is 1.39 bits per heavy atom. The Morgan fingerprint density at radius 2 is 2.04 bits per heavy atom. The summed E-state index contributed by atoms with van der Waals surface area (Å²) in [5, 5.41) is 17.1. The quantitative estimate of drug-likeness (QED) is 0.323. The molecule has 1 N–H and O–H groups in total. The van der Waals surface area contributed by atoms with Crippen molar-refractivity contribution in [3.63, 3.8) is 0 Å². The van der Waals surface area contributed by atoms with E-state index in [4.69, 9.17) is 9.15 Å². The van der Waals surface area contributed by atoms with Gasteiger partial charge in [0, 0.05) is 6.92 Å². The maximum atomic E-state index is 11.4. The second-order valence-corrected chi connectivity index (χ2v) is 7.57. The first-order chi connectivity index (χ1) is 10.9. The minimum absolute atomic E-state index is 0.101. The molecule has 23 heavy (non-hydrogen) atoms. The van der Waals surface area contributed by atoms with E-state index in [0.717, 1.165) is 30.2 Å². The lowest BCUT2D eigenvalue weighted by Crippen LogP contribution is -1.99. The van der Waals surface area contributed by atoms with E-state index < -0.39 is 5.97 Å². The molecule has 6 nitrogen and oxygen atoms in total. The molecule has 0 saturated heterocycles. The number of aryl methyl sites for hydroxylation is 1. The van der Waals surface area contributed by atoms with Crippen LogP contribution in [0.25, 0.3) is 6.08 Å². The highest BCUT2D eigenvalue weighted by Crippen LogP contribution is 2.32. The molecular formula is C14H12I2N2O4S. The zero-order valence-corrected chi connectivity index (χ0v) is 17.3. The van der Waals surface area contributed by atoms with E-state index in [1.165, 1.54) is 0 Å². The number of thioether (sulfide) groups is 1. The summed E-state index contributed by atoms with van der Waals surface area (Å²) in [5.74, 6) is 0.148. The molecule has 0 aliphatic heterocycles. The van der Waals surface area contributed by atoms with Gasteiger partial charge >= 0.3 is 5.97 Å². The van der Waals surface area contributed by atoms with Crippen LogP contribution in [0.2, 0.25) is 0 Å². The average Bonchev–Trinajstić information content (AvgIpc) is 2.87. The monoisotopic (exact) mass is 558 g/mol. The van der Waals surface area contributed by atoms with Crippen molar-refractivity contribution in [3.05, 3.63) is 35.6 Å². The van der Waals surface area contributed by atoms with Gasteiger partial charge in [-0.1, -0.05) is 0 Å². The molecule has 1 aromatic heterocycles. The topological polar surface area (TPSA) is 85.5 Å². The van der Waals surface area contributed by atoms with Crippen LogP contribution in [0.3, 0.4) is 0 Å². The second-order valence-electron chi connectivity index (χ2n) is 4.25. The van der Waals surface area contributed by atoms with E-state index >= 15 is 0 Å². The first-order valence-corrected chi connectivity index (χ1v) is 9.43. The molecule has 0 aliphatic carbocycles. The summed E-state index contributed by atoms with van der Waals surface area (Å²) in [6.07, 6.45) is 1.58. The largest absolute Gasteiger partial charge is 0.492 e. The van der Waals surface area contributed by atoms with Crippen molar-refractivity contribution < 1.29 is 19.1 Å². The number of aromatic nitrogens is 2. The number of aliphatic carboxylic acids is 1. The van der Waals surface area contributed by atoms with Gasteiger partial charge in [0.2, 0.25) is 5.89 Å². The van der Waals surface area contributed by atoms with Crippen LogP contribution in [0.15, 0.2) is 26.7 Å². The number of carbonyl (C=O) groups is 1. The van der Waals surface area contributed by atoms with Crippen LogP contribution in [0.5, 0.6) is 5.75 Å². The third kappa shape index (κ3) is 5.08. The highest BCUT2D eigenvalue weighted by molar-refractivity contribution is 14.1. The molecule has 0 unspecified atom stereocenters. The van der Waals surface area contributed by atoms with Gasteiger partial charge in [0.05, 0.1) is 13.7 Å². The van der Waals surface area contributed by atoms with Crippen molar-refractivity contribution in [2.24, 2.45) is 0 Å². The van der Waals surface area contributed by atoms with Crippen LogP contribution >= 0.6 is 56.9 Å². The normalized spacial score (nSPS) is 11.6. The highest BCUT2D eigenvalue weighted by atomic mass is 127. The fourth-order valence-electron chi connectivity index (χ4n) is 1.65. The molecule has 1 aromatic carbocycles. The van der Waals surface area contributed by atoms with Crippen LogP contribution in [-0.4, -0.2) is 27.9 Å². The van der Waals surface area contributed by atoms with E-state index in [-0.39, 0.29) is 10.1 Å². The molecule has 0 spiro atoms. The van der Waals surface area contributed by atoms with E-state index in [2.05, 4.69) is 55.4 Å². The zero-order valence-electron chi connectivity index (χ0n) is 12.2. The zero-order chi connectivity index (χ0) is 17.0. The van der Waals surface area contributed by atoms with Crippen molar-refractivity contribution in [1.29, 1.82) is 0 Å². The minimum Gasteiger partial charge on any atom is -0.492 e. The summed E-state index contributed by atoms with van der Waals surface area (Å²) in [5.41, 5.74) is 0.767. The fraction of sp³-hybridized carbons (Fsp3) is 0.214. The van der Waals surface area contributed by atoms with Crippen molar-refractivity contribution >= 4 is 69.0 Å². The van der Waals surface area contributed by atoms with Gasteiger partial charge in [-0.05, 0) is 87.6 Å². The lowest BCUT2D eigenvalue weighted by Gasteiger charge is -2.09. The number of hydrogen-bond acceptors (Lipinski definition) is 6. The fourth-order valence-corrected chi connectivity index (χ4v) is 4.49. The lowest BCUT2D eigenvalue weighted by molar-refractivity contribution is -0.131. The van der Waals surface area contributed by atoms with Crippen molar-refractivity contribution in [2.75, 3.05) is 6.61 Å². The predicted molar refractivity (Wildman–Crippen MR) is 104 cm³/mol. The van der Waals surface area contributed by atoms with Gasteiger partial charge in [0.25, 0.3) is 5.22 Å². The Morgan fingerprint density at radius 3 is 2.52 bits per heavy atom. The number of hydrogen-bond donors (Lipinski definition) is 1. The molecule has 1 heterocycles. The number of nitrogens with zero attached hydrogens (tertiary/aromatic N) is 2. The van der Waals surface area contributed by atoms with Crippen molar-refractivity contribution in [2.45, 2.75) is 19.1 Å². The predicted octanol–water partition coefficient (Wildman–Crippen LogP) is 4.20. The molecule has 2 rings (SSSR count). The molecule has 0 amide bonds. The van der Waals surface area contributed by atoms with Crippen LogP contribution in [0, 0.1) is 14.1 Å². The third-order valence-corrected chi connectivity index (χ3v) is 4.98. The van der Waals surface area contributed by atoms with E-state index in [0.29, 0.717) is 12.5 Å². The van der Waals surface area contributed by atoms with Crippen LogP contribution < -0.4 is 4.74 Å². The number of rotatable bonds is 6. The van der Waals surface area contributed by atoms with Gasteiger partial charge < -0.3 is 14.3 Å². The molecule has 0 radical (unpaired) electrons. The molecule has 122 valence electrons. The summed E-state index contributed by atoms with van der Waals surface area (Å²) in [4.78, 5) is 11.5. The lowest BCUT2D eigenvalue weighted by atomic mass is 10.2. The number of ether oxygens (including phenoxy) is 1. The van der Waals surface area contributed by atoms with Crippen molar-refractivity contribution in [1.82, 2.24) is 10.2 Å². The minimum atomic E-state index is -1.05. The highest BCUT2D eigenvalue weighted by Gasteiger charge is 2.15. The Labute approximate surface area is 164 Å². The van der Waals surface area contributed by atoms with Gasteiger partial charge in [0.1, 0.15) is 10.7 Å². The SMILES string of the molecule is CCOc1c(I)cc(/C=C(\Sc2nnc(C)o2)C(=O)O)cc1I. The number of carboxylic acids is 1. The molecule has 9 heteroatoms. The summed E-state index contributed by atoms with van der Waals surface area (Å²) >= 11 is 5.27. The van der Waals surface area contributed by atoms with Crippen LogP contribution in [0.4, 0.5) is 0 Å². The Bertz CT molecular complexity index is 738. The smallest absolute Gasteiger partial charge is 0.342 e. The Kier molecular flexibility index (Phi) is 6.71. The van der Waals surface area contributed by atoms with E-state index in [1.54, 1.807) is 13.0 Å². The van der Waals surface area contributed by atoms with Gasteiger partial charge in [-0.2, -0.15) is 0 Å². The standard InChI is InChI=1S/C14H12I2N2O4S/c1-3-21-12-9(15)4-8(5-10(12)16)6-11(13(19)20)23-14-18-17-7(2)22-14/h4-6H,3H2,1-2H3,(H,19,20)/b11-6-. The van der Waals surface area contributed by atoms with Crippen molar-refractivity contribution in [3.8, 4) is 5.75 Å². The molecule has 2 aromatic rings. The summed E-state index contributed by atoms with van der Waals surface area (Å²) in [6.45, 7) is 4.15. The van der Waals surface area contributed by atoms with Gasteiger partial charge in [-0.3, -0.25) is 0 Å².